The Bertz CT molecular complexity index is 478. The lowest BCUT2D eigenvalue weighted by atomic mass is 10.3. The fraction of sp³-hybridized carbons (Fsp3) is 0.500. The van der Waals surface area contributed by atoms with Gasteiger partial charge in [-0.25, -0.2) is 9.97 Å². The molecule has 18 heavy (non-hydrogen) atoms. The van der Waals surface area contributed by atoms with E-state index >= 15 is 0 Å². The smallest absolute Gasteiger partial charge is 0.241 e. The average molecular weight is 247 g/mol. The molecule has 96 valence electrons. The van der Waals surface area contributed by atoms with E-state index in [1.165, 1.54) is 4.90 Å². The molecule has 0 aliphatic heterocycles. The van der Waals surface area contributed by atoms with Gasteiger partial charge in [-0.15, -0.1) is 0 Å². The van der Waals surface area contributed by atoms with Crippen LogP contribution in [0.5, 0.6) is 0 Å². The van der Waals surface area contributed by atoms with Gasteiger partial charge in [-0.2, -0.15) is 5.26 Å². The van der Waals surface area contributed by atoms with Crippen LogP contribution in [0.3, 0.4) is 0 Å². The average Bonchev–Trinajstić information content (AvgIpc) is 2.34. The van der Waals surface area contributed by atoms with Crippen LogP contribution in [-0.2, 0) is 4.79 Å². The van der Waals surface area contributed by atoms with Crippen LogP contribution in [0.2, 0.25) is 0 Å². The largest absolute Gasteiger partial charge is 0.347 e. The number of carbonyl (C=O) groups is 1. The molecule has 1 aromatic heterocycles. The van der Waals surface area contributed by atoms with Crippen molar-refractivity contribution in [2.45, 2.75) is 13.8 Å². The number of nitriles is 1. The van der Waals surface area contributed by atoms with E-state index in [9.17, 15) is 4.79 Å². The molecule has 0 aliphatic rings. The van der Waals surface area contributed by atoms with Crippen molar-refractivity contribution in [1.29, 1.82) is 5.26 Å². The number of likely N-dealkylation sites (N-methyl/N-ethyl adjacent to an activating group) is 2. The second-order valence-electron chi connectivity index (χ2n) is 4.11. The third-order valence-corrected chi connectivity index (χ3v) is 2.45. The first-order chi connectivity index (χ1) is 8.47. The fourth-order valence-corrected chi connectivity index (χ4v) is 1.38. The molecule has 1 heterocycles. The Morgan fingerprint density at radius 1 is 1.44 bits per heavy atom. The number of hydrogen-bond acceptors (Lipinski definition) is 5. The summed E-state index contributed by atoms with van der Waals surface area (Å²) in [5, 5.41) is 8.88. The van der Waals surface area contributed by atoms with Crippen LogP contribution < -0.4 is 4.90 Å². The minimum Gasteiger partial charge on any atom is -0.347 e. The van der Waals surface area contributed by atoms with E-state index in [0.29, 0.717) is 23.9 Å². The van der Waals surface area contributed by atoms with Gasteiger partial charge in [0.1, 0.15) is 11.8 Å². The maximum Gasteiger partial charge on any atom is 0.241 e. The molecule has 6 heteroatoms. The van der Waals surface area contributed by atoms with Gasteiger partial charge in [0.25, 0.3) is 0 Å². The minimum atomic E-state index is -0.0273. The molecule has 0 aromatic carbocycles. The number of aromatic nitrogens is 2. The number of nitrogens with zero attached hydrogens (tertiary/aromatic N) is 5. The molecule has 0 fully saturated rings. The summed E-state index contributed by atoms with van der Waals surface area (Å²) < 4.78 is 0. The zero-order valence-electron chi connectivity index (χ0n) is 11.1. The molecular weight excluding hydrogens is 230 g/mol. The normalized spacial score (nSPS) is 9.72. The second kappa shape index (κ2) is 5.96. The molecule has 1 rings (SSSR count). The maximum atomic E-state index is 11.7. The van der Waals surface area contributed by atoms with Crippen molar-refractivity contribution in [2.24, 2.45) is 0 Å². The lowest BCUT2D eigenvalue weighted by Gasteiger charge is -2.22. The van der Waals surface area contributed by atoms with Crippen molar-refractivity contribution in [3.05, 3.63) is 17.5 Å². The van der Waals surface area contributed by atoms with E-state index < -0.39 is 0 Å². The highest BCUT2D eigenvalue weighted by molar-refractivity contribution is 5.80. The molecule has 0 saturated carbocycles. The van der Waals surface area contributed by atoms with Crippen LogP contribution in [0.1, 0.15) is 18.3 Å². The third kappa shape index (κ3) is 3.42. The predicted octanol–water partition coefficient (Wildman–Crippen LogP) is 0.571. The number of carbonyl (C=O) groups excluding carboxylic acids is 1. The van der Waals surface area contributed by atoms with Crippen molar-refractivity contribution < 1.29 is 4.79 Å². The Hall–Kier alpha value is -2.16. The first-order valence-corrected chi connectivity index (χ1v) is 5.68. The monoisotopic (exact) mass is 247 g/mol. The van der Waals surface area contributed by atoms with Gasteiger partial charge < -0.3 is 9.80 Å². The van der Waals surface area contributed by atoms with E-state index in [2.05, 4.69) is 9.97 Å². The lowest BCUT2D eigenvalue weighted by molar-refractivity contribution is -0.127. The van der Waals surface area contributed by atoms with E-state index in [-0.39, 0.29) is 12.5 Å². The number of rotatable bonds is 4. The highest BCUT2D eigenvalue weighted by Gasteiger charge is 2.14. The summed E-state index contributed by atoms with van der Waals surface area (Å²) in [6, 6.07) is 3.61. The molecule has 0 N–H and O–H groups in total. The number of aryl methyl sites for hydroxylation is 1. The Morgan fingerprint density at radius 2 is 2.11 bits per heavy atom. The van der Waals surface area contributed by atoms with Crippen molar-refractivity contribution in [3.8, 4) is 6.07 Å². The molecule has 0 bridgehead atoms. The first kappa shape index (κ1) is 13.9. The van der Waals surface area contributed by atoms with Crippen molar-refractivity contribution in [3.63, 3.8) is 0 Å². The second-order valence-corrected chi connectivity index (χ2v) is 4.11. The minimum absolute atomic E-state index is 0.0273. The Kier molecular flexibility index (Phi) is 4.60. The molecule has 0 atom stereocenters. The molecule has 6 nitrogen and oxygen atoms in total. The predicted molar refractivity (Wildman–Crippen MR) is 68.1 cm³/mol. The van der Waals surface area contributed by atoms with E-state index in [1.807, 2.05) is 13.0 Å². The van der Waals surface area contributed by atoms with Gasteiger partial charge in [0.15, 0.2) is 0 Å². The van der Waals surface area contributed by atoms with Crippen LogP contribution in [0, 0.1) is 18.3 Å². The summed E-state index contributed by atoms with van der Waals surface area (Å²) in [5.41, 5.74) is 1.03. The van der Waals surface area contributed by atoms with Crippen molar-refractivity contribution >= 4 is 11.9 Å². The van der Waals surface area contributed by atoms with Crippen LogP contribution in [-0.4, -0.2) is 48.0 Å². The van der Waals surface area contributed by atoms with E-state index in [1.54, 1.807) is 32.0 Å². The molecule has 1 aromatic rings. The quantitative estimate of drug-likeness (QED) is 0.777. The topological polar surface area (TPSA) is 73.1 Å². The van der Waals surface area contributed by atoms with Gasteiger partial charge >= 0.3 is 0 Å². The summed E-state index contributed by atoms with van der Waals surface area (Å²) in [6.07, 6.45) is 0. The van der Waals surface area contributed by atoms with Crippen LogP contribution in [0.15, 0.2) is 6.07 Å². The van der Waals surface area contributed by atoms with Gasteiger partial charge in [-0.1, -0.05) is 0 Å². The lowest BCUT2D eigenvalue weighted by Crippen LogP contribution is -2.37. The SMILES string of the molecule is CCN(CC(=O)N(C)C)c1nc(C)cc(C#N)n1. The summed E-state index contributed by atoms with van der Waals surface area (Å²) in [6.45, 7) is 4.53. The molecule has 0 aliphatic carbocycles. The van der Waals surface area contributed by atoms with Crippen LogP contribution in [0.25, 0.3) is 0 Å². The summed E-state index contributed by atoms with van der Waals surface area (Å²) in [4.78, 5) is 23.3. The summed E-state index contributed by atoms with van der Waals surface area (Å²) >= 11 is 0. The van der Waals surface area contributed by atoms with Gasteiger partial charge in [0, 0.05) is 26.3 Å². The number of anilines is 1. The van der Waals surface area contributed by atoms with E-state index in [0.717, 1.165) is 0 Å². The van der Waals surface area contributed by atoms with Crippen LogP contribution >= 0.6 is 0 Å². The Balaban J connectivity index is 2.99. The Morgan fingerprint density at radius 3 is 2.61 bits per heavy atom. The number of hydrogen-bond donors (Lipinski definition) is 0. The van der Waals surface area contributed by atoms with E-state index in [4.69, 9.17) is 5.26 Å². The van der Waals surface area contributed by atoms with Gasteiger partial charge in [0.2, 0.25) is 11.9 Å². The standard InChI is InChI=1S/C12H17N5O/c1-5-17(8-11(18)16(3)4)12-14-9(2)6-10(7-13)15-12/h6H,5,8H2,1-4H3. The maximum absolute atomic E-state index is 11.7. The van der Waals surface area contributed by atoms with Gasteiger partial charge in [-0.3, -0.25) is 4.79 Å². The third-order valence-electron chi connectivity index (χ3n) is 2.45. The zero-order valence-corrected chi connectivity index (χ0v) is 11.1. The van der Waals surface area contributed by atoms with Gasteiger partial charge in [0.05, 0.1) is 6.54 Å². The molecule has 0 spiro atoms. The highest BCUT2D eigenvalue weighted by atomic mass is 16.2. The van der Waals surface area contributed by atoms with Gasteiger partial charge in [-0.05, 0) is 19.9 Å². The molecule has 0 saturated heterocycles. The zero-order chi connectivity index (χ0) is 13.7. The molecular formula is C12H17N5O. The Labute approximate surface area is 107 Å². The molecule has 0 unspecified atom stereocenters. The fourth-order valence-electron chi connectivity index (χ4n) is 1.38. The molecule has 1 amide bonds. The van der Waals surface area contributed by atoms with Crippen molar-refractivity contribution in [2.75, 3.05) is 32.1 Å². The summed E-state index contributed by atoms with van der Waals surface area (Å²) in [5.74, 6) is 0.393. The number of amides is 1. The molecule has 0 radical (unpaired) electrons. The van der Waals surface area contributed by atoms with Crippen LogP contribution in [0.4, 0.5) is 5.95 Å². The first-order valence-electron chi connectivity index (χ1n) is 5.68. The summed E-state index contributed by atoms with van der Waals surface area (Å²) in [7, 11) is 3.40. The highest BCUT2D eigenvalue weighted by Crippen LogP contribution is 2.09. The van der Waals surface area contributed by atoms with Crippen molar-refractivity contribution in [1.82, 2.24) is 14.9 Å².